The second kappa shape index (κ2) is 11.0. The lowest BCUT2D eigenvalue weighted by molar-refractivity contribution is -0.134. The number of ether oxygens (including phenoxy) is 2. The molecule has 31 heavy (non-hydrogen) atoms. The standard InChI is InChI=1S/C26H27NO4/c1-19(2)20-10-14-23(15-11-20)30-18-6-9-25(28)31-24-16-12-21(13-17-24)26(29)27-22-7-4-3-5-8-22/h3-5,7-8,10-17,19H,6,9,18H2,1-2H3,(H,27,29). The topological polar surface area (TPSA) is 64.6 Å². The van der Waals surface area contributed by atoms with Crippen molar-refractivity contribution in [3.05, 3.63) is 90.0 Å². The molecule has 3 rings (SSSR count). The van der Waals surface area contributed by atoms with E-state index in [1.54, 1.807) is 24.3 Å². The maximum atomic E-state index is 12.3. The Balaban J connectivity index is 1.39. The Labute approximate surface area is 183 Å². The highest BCUT2D eigenvalue weighted by molar-refractivity contribution is 6.04. The van der Waals surface area contributed by atoms with Crippen LogP contribution in [0.25, 0.3) is 0 Å². The lowest BCUT2D eigenvalue weighted by atomic mass is 10.0. The van der Waals surface area contributed by atoms with Crippen LogP contribution in [-0.4, -0.2) is 18.5 Å². The van der Waals surface area contributed by atoms with Crippen molar-refractivity contribution in [3.63, 3.8) is 0 Å². The maximum absolute atomic E-state index is 12.3. The Kier molecular flexibility index (Phi) is 7.82. The van der Waals surface area contributed by atoms with Gasteiger partial charge in [0.15, 0.2) is 0 Å². The molecule has 160 valence electrons. The van der Waals surface area contributed by atoms with Crippen molar-refractivity contribution in [1.82, 2.24) is 0 Å². The Morgan fingerprint density at radius 3 is 2.13 bits per heavy atom. The first-order chi connectivity index (χ1) is 15.0. The smallest absolute Gasteiger partial charge is 0.311 e. The van der Waals surface area contributed by atoms with Crippen LogP contribution in [0.15, 0.2) is 78.9 Å². The summed E-state index contributed by atoms with van der Waals surface area (Å²) < 4.78 is 11.0. The molecule has 0 radical (unpaired) electrons. The number of anilines is 1. The van der Waals surface area contributed by atoms with Crippen LogP contribution in [0.1, 0.15) is 48.5 Å². The molecule has 0 unspecified atom stereocenters. The fourth-order valence-electron chi connectivity index (χ4n) is 2.94. The van der Waals surface area contributed by atoms with Crippen LogP contribution >= 0.6 is 0 Å². The minimum Gasteiger partial charge on any atom is -0.494 e. The molecule has 0 aliphatic heterocycles. The molecule has 1 N–H and O–H groups in total. The number of carbonyl (C=O) groups is 2. The zero-order valence-electron chi connectivity index (χ0n) is 17.8. The summed E-state index contributed by atoms with van der Waals surface area (Å²) in [4.78, 5) is 24.3. The van der Waals surface area contributed by atoms with Crippen molar-refractivity contribution in [2.24, 2.45) is 0 Å². The Morgan fingerprint density at radius 2 is 1.48 bits per heavy atom. The van der Waals surface area contributed by atoms with Crippen LogP contribution in [0.3, 0.4) is 0 Å². The molecule has 3 aromatic carbocycles. The SMILES string of the molecule is CC(C)c1ccc(OCCCC(=O)Oc2ccc(C(=O)Nc3ccccc3)cc2)cc1. The van der Waals surface area contributed by atoms with Gasteiger partial charge in [-0.2, -0.15) is 0 Å². The molecule has 0 aromatic heterocycles. The Hall–Kier alpha value is -3.60. The van der Waals surface area contributed by atoms with E-state index in [2.05, 4.69) is 31.3 Å². The summed E-state index contributed by atoms with van der Waals surface area (Å²) in [5.74, 6) is 1.13. The van der Waals surface area contributed by atoms with Gasteiger partial charge in [0.2, 0.25) is 0 Å². The molecule has 0 atom stereocenters. The van der Waals surface area contributed by atoms with Gasteiger partial charge in [0, 0.05) is 17.7 Å². The summed E-state index contributed by atoms with van der Waals surface area (Å²) in [5, 5.41) is 2.81. The second-order valence-corrected chi connectivity index (χ2v) is 7.49. The zero-order valence-corrected chi connectivity index (χ0v) is 17.8. The van der Waals surface area contributed by atoms with Crippen molar-refractivity contribution in [1.29, 1.82) is 0 Å². The van der Waals surface area contributed by atoms with Gasteiger partial charge in [-0.25, -0.2) is 0 Å². The lowest BCUT2D eigenvalue weighted by Gasteiger charge is -2.09. The molecule has 0 bridgehead atoms. The number of rotatable bonds is 9. The van der Waals surface area contributed by atoms with E-state index >= 15 is 0 Å². The molecule has 0 saturated heterocycles. The van der Waals surface area contributed by atoms with E-state index in [9.17, 15) is 9.59 Å². The van der Waals surface area contributed by atoms with Crippen molar-refractivity contribution in [2.45, 2.75) is 32.6 Å². The van der Waals surface area contributed by atoms with E-state index in [0.717, 1.165) is 11.4 Å². The van der Waals surface area contributed by atoms with Gasteiger partial charge in [-0.15, -0.1) is 0 Å². The molecule has 0 aliphatic rings. The predicted octanol–water partition coefficient (Wildman–Crippen LogP) is 5.83. The van der Waals surface area contributed by atoms with E-state index in [4.69, 9.17) is 9.47 Å². The lowest BCUT2D eigenvalue weighted by Crippen LogP contribution is -2.12. The van der Waals surface area contributed by atoms with E-state index < -0.39 is 0 Å². The molecular weight excluding hydrogens is 390 g/mol. The number of para-hydroxylation sites is 1. The number of nitrogens with one attached hydrogen (secondary N) is 1. The first kappa shape index (κ1) is 22.1. The first-order valence-electron chi connectivity index (χ1n) is 10.4. The molecule has 5 nitrogen and oxygen atoms in total. The quantitative estimate of drug-likeness (QED) is 0.270. The minimum absolute atomic E-state index is 0.220. The molecule has 0 heterocycles. The molecular formula is C26H27NO4. The van der Waals surface area contributed by atoms with Gasteiger partial charge in [-0.05, 0) is 66.4 Å². The molecule has 0 spiro atoms. The number of benzene rings is 3. The van der Waals surface area contributed by atoms with Gasteiger partial charge >= 0.3 is 5.97 Å². The summed E-state index contributed by atoms with van der Waals surface area (Å²) in [7, 11) is 0. The third kappa shape index (κ3) is 7.00. The van der Waals surface area contributed by atoms with Crippen LogP contribution in [0.5, 0.6) is 11.5 Å². The van der Waals surface area contributed by atoms with Crippen LogP contribution in [0.2, 0.25) is 0 Å². The number of esters is 1. The van der Waals surface area contributed by atoms with Gasteiger partial charge in [-0.1, -0.05) is 44.2 Å². The van der Waals surface area contributed by atoms with Crippen LogP contribution < -0.4 is 14.8 Å². The molecule has 0 saturated carbocycles. The van der Waals surface area contributed by atoms with Crippen molar-refractivity contribution >= 4 is 17.6 Å². The molecule has 1 amide bonds. The fraction of sp³-hybridized carbons (Fsp3) is 0.231. The monoisotopic (exact) mass is 417 g/mol. The summed E-state index contributed by atoms with van der Waals surface area (Å²) in [6.07, 6.45) is 0.808. The highest BCUT2D eigenvalue weighted by Crippen LogP contribution is 2.19. The number of amides is 1. The van der Waals surface area contributed by atoms with Crippen molar-refractivity contribution < 1.29 is 19.1 Å². The molecule has 0 fully saturated rings. The van der Waals surface area contributed by atoms with E-state index in [-0.39, 0.29) is 18.3 Å². The van der Waals surface area contributed by atoms with E-state index in [1.807, 2.05) is 42.5 Å². The largest absolute Gasteiger partial charge is 0.494 e. The van der Waals surface area contributed by atoms with Gasteiger partial charge < -0.3 is 14.8 Å². The first-order valence-corrected chi connectivity index (χ1v) is 10.4. The van der Waals surface area contributed by atoms with E-state index in [1.165, 1.54) is 5.56 Å². The van der Waals surface area contributed by atoms with Gasteiger partial charge in [-0.3, -0.25) is 9.59 Å². The van der Waals surface area contributed by atoms with Crippen LogP contribution in [-0.2, 0) is 4.79 Å². The summed E-state index contributed by atoms with van der Waals surface area (Å²) in [6, 6.07) is 23.7. The summed E-state index contributed by atoms with van der Waals surface area (Å²) in [6.45, 7) is 4.73. The maximum Gasteiger partial charge on any atom is 0.311 e. The van der Waals surface area contributed by atoms with Crippen molar-refractivity contribution in [2.75, 3.05) is 11.9 Å². The third-order valence-electron chi connectivity index (χ3n) is 4.72. The van der Waals surface area contributed by atoms with Gasteiger partial charge in [0.1, 0.15) is 11.5 Å². The normalized spacial score (nSPS) is 10.5. The molecule has 3 aromatic rings. The summed E-state index contributed by atoms with van der Waals surface area (Å²) >= 11 is 0. The summed E-state index contributed by atoms with van der Waals surface area (Å²) in [5.41, 5.74) is 2.47. The third-order valence-corrected chi connectivity index (χ3v) is 4.72. The average molecular weight is 418 g/mol. The van der Waals surface area contributed by atoms with Crippen LogP contribution in [0.4, 0.5) is 5.69 Å². The molecule has 0 aliphatic carbocycles. The highest BCUT2D eigenvalue weighted by Gasteiger charge is 2.09. The van der Waals surface area contributed by atoms with Gasteiger partial charge in [0.05, 0.1) is 6.61 Å². The van der Waals surface area contributed by atoms with Crippen molar-refractivity contribution in [3.8, 4) is 11.5 Å². The predicted molar refractivity (Wildman–Crippen MR) is 122 cm³/mol. The van der Waals surface area contributed by atoms with E-state index in [0.29, 0.717) is 30.3 Å². The fourth-order valence-corrected chi connectivity index (χ4v) is 2.94. The second-order valence-electron chi connectivity index (χ2n) is 7.49. The Morgan fingerprint density at radius 1 is 0.839 bits per heavy atom. The number of hydrogen-bond donors (Lipinski definition) is 1. The Bertz CT molecular complexity index is 980. The number of hydrogen-bond acceptors (Lipinski definition) is 4. The average Bonchev–Trinajstić information content (AvgIpc) is 2.78. The van der Waals surface area contributed by atoms with Crippen LogP contribution in [0, 0.1) is 0 Å². The number of carbonyl (C=O) groups excluding carboxylic acids is 2. The minimum atomic E-state index is -0.333. The zero-order chi connectivity index (χ0) is 22.1. The highest BCUT2D eigenvalue weighted by atomic mass is 16.5. The van der Waals surface area contributed by atoms with Gasteiger partial charge in [0.25, 0.3) is 5.91 Å². The molecule has 5 heteroatoms.